The molecule has 4 nitrogen and oxygen atoms in total. The van der Waals surface area contributed by atoms with Crippen molar-refractivity contribution in [2.75, 3.05) is 25.5 Å². The quantitative estimate of drug-likeness (QED) is 0.820. The normalized spacial score (nSPS) is 21.4. The van der Waals surface area contributed by atoms with Crippen molar-refractivity contribution in [2.24, 2.45) is 0 Å². The fourth-order valence-corrected chi connectivity index (χ4v) is 3.04. The van der Waals surface area contributed by atoms with Crippen molar-refractivity contribution in [1.29, 1.82) is 0 Å². The van der Waals surface area contributed by atoms with Crippen molar-refractivity contribution in [1.82, 2.24) is 10.2 Å². The first-order valence-electron chi connectivity index (χ1n) is 6.71. The molecule has 1 aromatic rings. The number of aldehydes is 1. The van der Waals surface area contributed by atoms with Gasteiger partial charge in [-0.1, -0.05) is 23.2 Å². The van der Waals surface area contributed by atoms with E-state index in [2.05, 4.69) is 15.5 Å². The van der Waals surface area contributed by atoms with Crippen LogP contribution in [0.4, 0.5) is 5.69 Å². The highest BCUT2D eigenvalue weighted by Gasteiger charge is 2.24. The number of piperidine rings is 1. The standard InChI is InChI=1S/C14H19Cl2N3O/c1-17-12-3-2-4-19(8-12)14(9-20)18-13-6-10(15)5-11(16)7-13/h5-7,9,12,14,17-18H,2-4,8H2,1H3. The number of hydrogen-bond donors (Lipinski definition) is 2. The van der Waals surface area contributed by atoms with Gasteiger partial charge in [-0.25, -0.2) is 0 Å². The van der Waals surface area contributed by atoms with Crippen LogP contribution in [-0.4, -0.2) is 43.5 Å². The monoisotopic (exact) mass is 315 g/mol. The molecule has 1 aliphatic heterocycles. The molecular formula is C14H19Cl2N3O. The molecule has 110 valence electrons. The minimum absolute atomic E-state index is 0.360. The molecule has 2 N–H and O–H groups in total. The molecule has 1 aromatic carbocycles. The zero-order valence-electron chi connectivity index (χ0n) is 11.4. The number of nitrogens with zero attached hydrogens (tertiary/aromatic N) is 1. The highest BCUT2D eigenvalue weighted by Crippen LogP contribution is 2.23. The predicted octanol–water partition coefficient (Wildman–Crippen LogP) is 2.61. The Morgan fingerprint density at radius 3 is 2.65 bits per heavy atom. The van der Waals surface area contributed by atoms with Crippen molar-refractivity contribution in [3.8, 4) is 0 Å². The van der Waals surface area contributed by atoms with Crippen LogP contribution in [-0.2, 0) is 4.79 Å². The summed E-state index contributed by atoms with van der Waals surface area (Å²) in [6, 6.07) is 5.63. The molecule has 2 atom stereocenters. The van der Waals surface area contributed by atoms with Crippen LogP contribution in [0.5, 0.6) is 0 Å². The summed E-state index contributed by atoms with van der Waals surface area (Å²) in [7, 11) is 1.95. The van der Waals surface area contributed by atoms with E-state index in [-0.39, 0.29) is 6.17 Å². The highest BCUT2D eigenvalue weighted by molar-refractivity contribution is 6.35. The van der Waals surface area contributed by atoms with Gasteiger partial charge in [-0.15, -0.1) is 0 Å². The van der Waals surface area contributed by atoms with Gasteiger partial charge in [0.25, 0.3) is 0 Å². The number of carbonyl (C=O) groups excluding carboxylic acids is 1. The van der Waals surface area contributed by atoms with Crippen LogP contribution in [0.2, 0.25) is 10.0 Å². The zero-order chi connectivity index (χ0) is 14.5. The molecule has 1 saturated heterocycles. The van der Waals surface area contributed by atoms with Crippen LogP contribution in [0, 0.1) is 0 Å². The van der Waals surface area contributed by atoms with E-state index in [9.17, 15) is 4.79 Å². The second-order valence-corrected chi connectivity index (χ2v) is 5.88. The lowest BCUT2D eigenvalue weighted by atomic mass is 10.1. The molecule has 0 amide bonds. The number of likely N-dealkylation sites (N-methyl/N-ethyl adjacent to an activating group) is 1. The molecule has 0 radical (unpaired) electrons. The third kappa shape index (κ3) is 4.09. The molecule has 2 unspecified atom stereocenters. The van der Waals surface area contributed by atoms with Gasteiger partial charge in [0.15, 0.2) is 6.29 Å². The Kier molecular flexibility index (Phi) is 5.66. The van der Waals surface area contributed by atoms with Gasteiger partial charge in [-0.3, -0.25) is 9.69 Å². The maximum absolute atomic E-state index is 11.4. The van der Waals surface area contributed by atoms with E-state index in [0.29, 0.717) is 16.1 Å². The van der Waals surface area contributed by atoms with Crippen molar-refractivity contribution >= 4 is 35.2 Å². The van der Waals surface area contributed by atoms with Gasteiger partial charge in [0.2, 0.25) is 0 Å². The molecular weight excluding hydrogens is 297 g/mol. The maximum Gasteiger partial charge on any atom is 0.157 e. The van der Waals surface area contributed by atoms with Crippen LogP contribution in [0.3, 0.4) is 0 Å². The van der Waals surface area contributed by atoms with Gasteiger partial charge >= 0.3 is 0 Å². The first-order valence-corrected chi connectivity index (χ1v) is 7.47. The van der Waals surface area contributed by atoms with Gasteiger partial charge in [0.1, 0.15) is 6.17 Å². The average molecular weight is 316 g/mol. The molecule has 20 heavy (non-hydrogen) atoms. The molecule has 1 aliphatic rings. The maximum atomic E-state index is 11.4. The van der Waals surface area contributed by atoms with E-state index in [1.807, 2.05) is 7.05 Å². The predicted molar refractivity (Wildman–Crippen MR) is 83.6 cm³/mol. The van der Waals surface area contributed by atoms with Crippen LogP contribution < -0.4 is 10.6 Å². The van der Waals surface area contributed by atoms with Crippen LogP contribution in [0.25, 0.3) is 0 Å². The fraction of sp³-hybridized carbons (Fsp3) is 0.500. The lowest BCUT2D eigenvalue weighted by molar-refractivity contribution is -0.112. The Morgan fingerprint density at radius 1 is 1.35 bits per heavy atom. The number of nitrogens with one attached hydrogen (secondary N) is 2. The first-order chi connectivity index (χ1) is 9.62. The molecule has 0 aliphatic carbocycles. The van der Waals surface area contributed by atoms with E-state index in [1.165, 1.54) is 0 Å². The fourth-order valence-electron chi connectivity index (χ4n) is 2.51. The molecule has 0 aromatic heterocycles. The zero-order valence-corrected chi connectivity index (χ0v) is 12.9. The molecule has 1 heterocycles. The first kappa shape index (κ1) is 15.6. The number of halogens is 2. The number of hydrogen-bond acceptors (Lipinski definition) is 4. The number of rotatable bonds is 5. The Balaban J connectivity index is 2.06. The molecule has 0 saturated carbocycles. The van der Waals surface area contributed by atoms with Crippen LogP contribution in [0.1, 0.15) is 12.8 Å². The Bertz CT molecular complexity index is 449. The lowest BCUT2D eigenvalue weighted by Crippen LogP contribution is -2.51. The molecule has 2 rings (SSSR count). The number of anilines is 1. The van der Waals surface area contributed by atoms with Crippen molar-refractivity contribution in [3.63, 3.8) is 0 Å². The summed E-state index contributed by atoms with van der Waals surface area (Å²) in [5, 5.41) is 7.56. The van der Waals surface area contributed by atoms with Gasteiger partial charge in [-0.05, 0) is 38.1 Å². The van der Waals surface area contributed by atoms with E-state index in [1.54, 1.807) is 18.2 Å². The van der Waals surface area contributed by atoms with Gasteiger partial charge in [0.05, 0.1) is 0 Å². The van der Waals surface area contributed by atoms with Gasteiger partial charge < -0.3 is 10.6 Å². The largest absolute Gasteiger partial charge is 0.364 e. The summed E-state index contributed by atoms with van der Waals surface area (Å²) in [5.41, 5.74) is 0.756. The number of carbonyl (C=O) groups is 1. The summed E-state index contributed by atoms with van der Waals surface area (Å²) < 4.78 is 0. The minimum Gasteiger partial charge on any atom is -0.364 e. The van der Waals surface area contributed by atoms with E-state index < -0.39 is 0 Å². The van der Waals surface area contributed by atoms with E-state index in [4.69, 9.17) is 23.2 Å². The third-order valence-electron chi connectivity index (χ3n) is 3.56. The Hall–Kier alpha value is -0.810. The third-order valence-corrected chi connectivity index (χ3v) is 4.00. The molecule has 0 bridgehead atoms. The van der Waals surface area contributed by atoms with Crippen LogP contribution in [0.15, 0.2) is 18.2 Å². The molecule has 6 heteroatoms. The van der Waals surface area contributed by atoms with Gasteiger partial charge in [0, 0.05) is 34.9 Å². The van der Waals surface area contributed by atoms with Crippen molar-refractivity contribution in [3.05, 3.63) is 28.2 Å². The summed E-state index contributed by atoms with van der Waals surface area (Å²) in [5.74, 6) is 0. The molecule has 0 spiro atoms. The van der Waals surface area contributed by atoms with Gasteiger partial charge in [-0.2, -0.15) is 0 Å². The SMILES string of the molecule is CNC1CCCN(C(C=O)Nc2cc(Cl)cc(Cl)c2)C1. The average Bonchev–Trinajstić information content (AvgIpc) is 2.44. The summed E-state index contributed by atoms with van der Waals surface area (Å²) >= 11 is 11.9. The number of likely N-dealkylation sites (tertiary alicyclic amines) is 1. The second-order valence-electron chi connectivity index (χ2n) is 5.01. The van der Waals surface area contributed by atoms with Crippen molar-refractivity contribution < 1.29 is 4.79 Å². The highest BCUT2D eigenvalue weighted by atomic mass is 35.5. The summed E-state index contributed by atoms with van der Waals surface area (Å²) in [6.45, 7) is 1.75. The molecule has 1 fully saturated rings. The minimum atomic E-state index is -0.360. The van der Waals surface area contributed by atoms with Crippen molar-refractivity contribution in [2.45, 2.75) is 25.0 Å². The lowest BCUT2D eigenvalue weighted by Gasteiger charge is -2.36. The topological polar surface area (TPSA) is 44.4 Å². The summed E-state index contributed by atoms with van der Waals surface area (Å²) in [4.78, 5) is 13.5. The second kappa shape index (κ2) is 7.27. The Morgan fingerprint density at radius 2 is 2.05 bits per heavy atom. The van der Waals surface area contributed by atoms with E-state index in [0.717, 1.165) is 37.9 Å². The Labute approximate surface area is 129 Å². The summed E-state index contributed by atoms with van der Waals surface area (Å²) in [6.07, 6.45) is 2.78. The smallest absolute Gasteiger partial charge is 0.157 e. The van der Waals surface area contributed by atoms with Crippen LogP contribution >= 0.6 is 23.2 Å². The number of benzene rings is 1. The van der Waals surface area contributed by atoms with E-state index >= 15 is 0 Å².